The maximum Gasteiger partial charge on any atom is 0.237 e. The second-order valence-electron chi connectivity index (χ2n) is 2.97. The van der Waals surface area contributed by atoms with E-state index in [2.05, 4.69) is 12.2 Å². The molecule has 1 rings (SSSR count). The highest BCUT2D eigenvalue weighted by molar-refractivity contribution is 5.80. The highest BCUT2D eigenvalue weighted by atomic mass is 16.5. The molecule has 1 N–H and O–H groups in total. The van der Waals surface area contributed by atoms with Gasteiger partial charge in [0.1, 0.15) is 0 Å². The summed E-state index contributed by atoms with van der Waals surface area (Å²) in [5.74, 6) is 0.180. The topological polar surface area (TPSA) is 41.6 Å². The molecule has 0 aromatic rings. The van der Waals surface area contributed by atoms with Crippen molar-refractivity contribution in [2.45, 2.75) is 19.4 Å². The summed E-state index contributed by atoms with van der Waals surface area (Å²) in [5.41, 5.74) is 0. The number of hydrogen-bond donors (Lipinski definition) is 1. The summed E-state index contributed by atoms with van der Waals surface area (Å²) in [5, 5.41) is 3.02. The van der Waals surface area contributed by atoms with Crippen molar-refractivity contribution in [3.05, 3.63) is 0 Å². The zero-order valence-electron chi connectivity index (χ0n) is 7.67. The summed E-state index contributed by atoms with van der Waals surface area (Å²) < 4.78 is 5.03. The summed E-state index contributed by atoms with van der Waals surface area (Å²) in [7, 11) is 1.66. The Morgan fingerprint density at radius 3 is 2.92 bits per heavy atom. The number of carbonyl (C=O) groups is 1. The van der Waals surface area contributed by atoms with Crippen LogP contribution < -0.4 is 5.32 Å². The number of nitrogens with zero attached hydrogens (tertiary/aromatic N) is 1. The highest BCUT2D eigenvalue weighted by Gasteiger charge is 2.25. The van der Waals surface area contributed by atoms with Gasteiger partial charge in [0, 0.05) is 7.11 Å². The minimum atomic E-state index is 0.180. The molecule has 0 aromatic carbocycles. The van der Waals surface area contributed by atoms with E-state index in [1.165, 1.54) is 0 Å². The number of amides is 1. The fourth-order valence-electron chi connectivity index (χ4n) is 1.43. The van der Waals surface area contributed by atoms with E-state index in [1.807, 2.05) is 4.90 Å². The van der Waals surface area contributed by atoms with Gasteiger partial charge in [-0.15, -0.1) is 0 Å². The van der Waals surface area contributed by atoms with Crippen LogP contribution in [0.3, 0.4) is 0 Å². The molecule has 0 aromatic heterocycles. The first-order valence-electron chi connectivity index (χ1n) is 4.28. The van der Waals surface area contributed by atoms with Crippen molar-refractivity contribution in [3.8, 4) is 0 Å². The maximum absolute atomic E-state index is 11.3. The van der Waals surface area contributed by atoms with Crippen molar-refractivity contribution < 1.29 is 9.53 Å². The Morgan fingerprint density at radius 2 is 2.50 bits per heavy atom. The van der Waals surface area contributed by atoms with Gasteiger partial charge in [-0.25, -0.2) is 0 Å². The lowest BCUT2D eigenvalue weighted by atomic mass is 10.2. The molecule has 0 spiro atoms. The molecule has 1 amide bonds. The summed E-state index contributed by atoms with van der Waals surface area (Å²) in [6, 6.07) is 0.234. The zero-order valence-corrected chi connectivity index (χ0v) is 7.67. The van der Waals surface area contributed by atoms with E-state index in [-0.39, 0.29) is 11.9 Å². The van der Waals surface area contributed by atoms with E-state index in [4.69, 9.17) is 4.74 Å². The molecule has 0 aliphatic carbocycles. The lowest BCUT2D eigenvalue weighted by Crippen LogP contribution is -2.39. The minimum Gasteiger partial charge on any atom is -0.383 e. The second-order valence-corrected chi connectivity index (χ2v) is 2.97. The largest absolute Gasteiger partial charge is 0.383 e. The van der Waals surface area contributed by atoms with Crippen LogP contribution in [-0.2, 0) is 9.53 Å². The summed E-state index contributed by atoms with van der Waals surface area (Å²) in [4.78, 5) is 13.1. The maximum atomic E-state index is 11.3. The first-order chi connectivity index (χ1) is 5.79. The molecular formula is C8H16N2O2. The Labute approximate surface area is 72.9 Å². The summed E-state index contributed by atoms with van der Waals surface area (Å²) in [6.45, 7) is 3.83. The Kier molecular flexibility index (Phi) is 3.49. The third-order valence-corrected chi connectivity index (χ3v) is 2.15. The van der Waals surface area contributed by atoms with Crippen LogP contribution in [0.2, 0.25) is 0 Å². The fourth-order valence-corrected chi connectivity index (χ4v) is 1.43. The van der Waals surface area contributed by atoms with Gasteiger partial charge in [0.05, 0.1) is 25.9 Å². The Bertz CT molecular complexity index is 161. The van der Waals surface area contributed by atoms with E-state index >= 15 is 0 Å². The molecule has 1 saturated heterocycles. The van der Waals surface area contributed by atoms with E-state index in [1.54, 1.807) is 7.11 Å². The Morgan fingerprint density at radius 1 is 1.75 bits per heavy atom. The molecule has 1 aliphatic heterocycles. The molecule has 70 valence electrons. The number of rotatable bonds is 4. The number of nitrogens with one attached hydrogen (secondary N) is 1. The second kappa shape index (κ2) is 4.42. The lowest BCUT2D eigenvalue weighted by Gasteiger charge is -2.25. The molecule has 1 fully saturated rings. The molecule has 4 nitrogen and oxygen atoms in total. The molecule has 1 aliphatic rings. The molecule has 1 atom stereocenters. The van der Waals surface area contributed by atoms with Crippen molar-refractivity contribution in [1.29, 1.82) is 0 Å². The minimum absolute atomic E-state index is 0.180. The molecule has 12 heavy (non-hydrogen) atoms. The zero-order chi connectivity index (χ0) is 8.97. The standard InChI is InChI=1S/C8H16N2O2/c1-3-7(5-12-2)10-6-9-4-8(10)11/h7,9H,3-6H2,1-2H3. The number of methoxy groups -OCH3 is 1. The first-order valence-corrected chi connectivity index (χ1v) is 4.28. The average molecular weight is 172 g/mol. The number of carbonyl (C=O) groups excluding carboxylic acids is 1. The summed E-state index contributed by atoms with van der Waals surface area (Å²) in [6.07, 6.45) is 0.946. The SMILES string of the molecule is CCC(COC)N1CNCC1=O. The summed E-state index contributed by atoms with van der Waals surface area (Å²) >= 11 is 0. The van der Waals surface area contributed by atoms with Crippen molar-refractivity contribution >= 4 is 5.91 Å². The first kappa shape index (κ1) is 9.48. The van der Waals surface area contributed by atoms with Gasteiger partial charge in [-0.2, -0.15) is 0 Å². The molecule has 0 saturated carbocycles. The molecule has 4 heteroatoms. The normalized spacial score (nSPS) is 20.2. The molecular weight excluding hydrogens is 156 g/mol. The van der Waals surface area contributed by atoms with Gasteiger partial charge in [-0.3, -0.25) is 10.1 Å². The van der Waals surface area contributed by atoms with Crippen LogP contribution in [0.15, 0.2) is 0 Å². The van der Waals surface area contributed by atoms with E-state index in [0.29, 0.717) is 19.8 Å². The molecule has 0 bridgehead atoms. The van der Waals surface area contributed by atoms with Crippen LogP contribution in [0.25, 0.3) is 0 Å². The van der Waals surface area contributed by atoms with Crippen LogP contribution in [0.1, 0.15) is 13.3 Å². The third-order valence-electron chi connectivity index (χ3n) is 2.15. The fraction of sp³-hybridized carbons (Fsp3) is 0.875. The van der Waals surface area contributed by atoms with Crippen LogP contribution in [0.4, 0.5) is 0 Å². The smallest absolute Gasteiger partial charge is 0.237 e. The lowest BCUT2D eigenvalue weighted by molar-refractivity contribution is -0.129. The predicted molar refractivity (Wildman–Crippen MR) is 45.7 cm³/mol. The van der Waals surface area contributed by atoms with Gasteiger partial charge in [0.15, 0.2) is 0 Å². The van der Waals surface area contributed by atoms with Crippen LogP contribution in [-0.4, -0.2) is 43.8 Å². The molecule has 1 heterocycles. The van der Waals surface area contributed by atoms with E-state index in [9.17, 15) is 4.79 Å². The quantitative estimate of drug-likeness (QED) is 0.638. The van der Waals surface area contributed by atoms with Gasteiger partial charge in [0.25, 0.3) is 0 Å². The number of hydrogen-bond acceptors (Lipinski definition) is 3. The monoisotopic (exact) mass is 172 g/mol. The van der Waals surface area contributed by atoms with E-state index < -0.39 is 0 Å². The number of ether oxygens (including phenoxy) is 1. The van der Waals surface area contributed by atoms with Crippen molar-refractivity contribution in [1.82, 2.24) is 10.2 Å². The van der Waals surface area contributed by atoms with Crippen LogP contribution in [0.5, 0.6) is 0 Å². The Hall–Kier alpha value is -0.610. The van der Waals surface area contributed by atoms with Gasteiger partial charge in [-0.05, 0) is 6.42 Å². The van der Waals surface area contributed by atoms with Crippen molar-refractivity contribution in [3.63, 3.8) is 0 Å². The Balaban J connectivity index is 2.46. The van der Waals surface area contributed by atoms with Crippen LogP contribution in [0, 0.1) is 0 Å². The van der Waals surface area contributed by atoms with Gasteiger partial charge < -0.3 is 9.64 Å². The van der Waals surface area contributed by atoms with E-state index in [0.717, 1.165) is 6.42 Å². The van der Waals surface area contributed by atoms with Gasteiger partial charge in [-0.1, -0.05) is 6.92 Å². The molecule has 1 unspecified atom stereocenters. The predicted octanol–water partition coefficient (Wildman–Crippen LogP) is -0.199. The van der Waals surface area contributed by atoms with Gasteiger partial charge in [0.2, 0.25) is 5.91 Å². The third kappa shape index (κ3) is 1.95. The van der Waals surface area contributed by atoms with Crippen molar-refractivity contribution in [2.24, 2.45) is 0 Å². The highest BCUT2D eigenvalue weighted by Crippen LogP contribution is 2.07. The van der Waals surface area contributed by atoms with Crippen LogP contribution >= 0.6 is 0 Å². The average Bonchev–Trinajstić information content (AvgIpc) is 2.47. The van der Waals surface area contributed by atoms with Gasteiger partial charge >= 0.3 is 0 Å². The molecule has 0 radical (unpaired) electrons. The van der Waals surface area contributed by atoms with Crippen molar-refractivity contribution in [2.75, 3.05) is 26.9 Å².